The van der Waals surface area contributed by atoms with Crippen molar-refractivity contribution < 1.29 is 0 Å². The summed E-state index contributed by atoms with van der Waals surface area (Å²) in [7, 11) is 2.14. The highest BCUT2D eigenvalue weighted by Gasteiger charge is 2.20. The van der Waals surface area contributed by atoms with Crippen LogP contribution in [-0.4, -0.2) is 13.1 Å². The van der Waals surface area contributed by atoms with Gasteiger partial charge in [0.2, 0.25) is 0 Å². The fraction of sp³-hybridized carbons (Fsp3) is 0.294. The quantitative estimate of drug-likeness (QED) is 0.841. The number of hydrogen-bond acceptors (Lipinski definition) is 3. The summed E-state index contributed by atoms with van der Waals surface area (Å²) in [6.45, 7) is 4.42. The van der Waals surface area contributed by atoms with Crippen LogP contribution < -0.4 is 10.2 Å². The van der Waals surface area contributed by atoms with Gasteiger partial charge in [-0.15, -0.1) is 0 Å². The normalized spacial score (nSPS) is 14.4. The molecular weight excluding hydrogens is 264 g/mol. The van der Waals surface area contributed by atoms with E-state index in [1.165, 1.54) is 26.9 Å². The smallest absolute Gasteiger partial charge is 0.0570 e. The lowest BCUT2D eigenvalue weighted by atomic mass is 10.2. The Bertz CT molecular complexity index is 624. The van der Waals surface area contributed by atoms with E-state index in [9.17, 15) is 0 Å². The van der Waals surface area contributed by atoms with Crippen LogP contribution in [0.1, 0.15) is 20.3 Å². The van der Waals surface area contributed by atoms with Gasteiger partial charge in [-0.2, -0.15) is 0 Å². The zero-order chi connectivity index (χ0) is 14.1. The zero-order valence-electron chi connectivity index (χ0n) is 12.2. The molecule has 0 saturated carbocycles. The molecule has 0 radical (unpaired) electrons. The van der Waals surface area contributed by atoms with Crippen LogP contribution >= 0.6 is 11.8 Å². The Morgan fingerprint density at radius 3 is 2.65 bits per heavy atom. The largest absolute Gasteiger partial charge is 0.383 e. The van der Waals surface area contributed by atoms with E-state index in [0.717, 1.165) is 6.42 Å². The molecule has 2 nitrogen and oxygen atoms in total. The molecule has 1 aliphatic heterocycles. The molecular formula is C17H20N2S. The highest BCUT2D eigenvalue weighted by atomic mass is 32.2. The van der Waals surface area contributed by atoms with Gasteiger partial charge in [-0.05, 0) is 43.7 Å². The summed E-state index contributed by atoms with van der Waals surface area (Å²) >= 11 is 1.85. The Balaban J connectivity index is 1.95. The maximum absolute atomic E-state index is 3.55. The first-order valence-corrected chi connectivity index (χ1v) is 7.92. The number of nitrogens with zero attached hydrogens (tertiary/aromatic N) is 1. The number of anilines is 3. The van der Waals surface area contributed by atoms with Crippen molar-refractivity contribution in [3.63, 3.8) is 0 Å². The number of fused-ring (bicyclic) bond motifs is 2. The van der Waals surface area contributed by atoms with Crippen LogP contribution in [0.5, 0.6) is 0 Å². The topological polar surface area (TPSA) is 15.3 Å². The van der Waals surface area contributed by atoms with E-state index in [-0.39, 0.29) is 0 Å². The molecule has 20 heavy (non-hydrogen) atoms. The summed E-state index contributed by atoms with van der Waals surface area (Å²) in [5.41, 5.74) is 3.76. The number of nitrogens with one attached hydrogen (secondary N) is 1. The summed E-state index contributed by atoms with van der Waals surface area (Å²) in [5, 5.41) is 3.55. The van der Waals surface area contributed by atoms with Gasteiger partial charge in [0, 0.05) is 28.6 Å². The first-order valence-electron chi connectivity index (χ1n) is 7.10. The van der Waals surface area contributed by atoms with E-state index in [1.807, 2.05) is 11.8 Å². The molecule has 1 N–H and O–H groups in total. The number of hydrogen-bond donors (Lipinski definition) is 1. The van der Waals surface area contributed by atoms with Gasteiger partial charge in [0.1, 0.15) is 0 Å². The molecule has 2 aromatic carbocycles. The lowest BCUT2D eigenvalue weighted by Gasteiger charge is -2.30. The molecule has 0 aromatic heterocycles. The maximum atomic E-state index is 3.55. The Morgan fingerprint density at radius 2 is 1.85 bits per heavy atom. The predicted octanol–water partition coefficient (Wildman–Crippen LogP) is 5.13. The standard InChI is InChI=1S/C17H20N2S/c1-4-12(2)18-13-9-10-17-15(11-13)19(3)14-7-5-6-8-16(14)20-17/h5-12,18H,4H2,1-3H3. The lowest BCUT2D eigenvalue weighted by Crippen LogP contribution is -2.17. The van der Waals surface area contributed by atoms with Crippen molar-refractivity contribution in [3.8, 4) is 0 Å². The monoisotopic (exact) mass is 284 g/mol. The second-order valence-electron chi connectivity index (χ2n) is 5.26. The molecule has 1 aliphatic rings. The molecule has 3 heteroatoms. The summed E-state index contributed by atoms with van der Waals surface area (Å²) < 4.78 is 0. The van der Waals surface area contributed by atoms with E-state index in [0.29, 0.717) is 6.04 Å². The molecule has 104 valence electrons. The lowest BCUT2D eigenvalue weighted by molar-refractivity contribution is 0.764. The molecule has 3 rings (SSSR count). The highest BCUT2D eigenvalue weighted by Crippen LogP contribution is 2.47. The predicted molar refractivity (Wildman–Crippen MR) is 88.4 cm³/mol. The van der Waals surface area contributed by atoms with E-state index >= 15 is 0 Å². The van der Waals surface area contributed by atoms with Gasteiger partial charge in [0.25, 0.3) is 0 Å². The molecule has 0 saturated heterocycles. The van der Waals surface area contributed by atoms with E-state index < -0.39 is 0 Å². The molecule has 0 bridgehead atoms. The summed E-state index contributed by atoms with van der Waals surface area (Å²) in [5.74, 6) is 0. The van der Waals surface area contributed by atoms with Gasteiger partial charge in [-0.25, -0.2) is 0 Å². The Kier molecular flexibility index (Phi) is 3.62. The first-order chi connectivity index (χ1) is 9.69. The average molecular weight is 284 g/mol. The van der Waals surface area contributed by atoms with Crippen LogP contribution in [0.3, 0.4) is 0 Å². The summed E-state index contributed by atoms with van der Waals surface area (Å²) in [6, 6.07) is 15.7. The minimum Gasteiger partial charge on any atom is -0.383 e. The van der Waals surface area contributed by atoms with Crippen LogP contribution in [0.25, 0.3) is 0 Å². The Hall–Kier alpha value is -1.61. The second kappa shape index (κ2) is 5.41. The van der Waals surface area contributed by atoms with E-state index in [4.69, 9.17) is 0 Å². The first kappa shape index (κ1) is 13.4. The van der Waals surface area contributed by atoms with Gasteiger partial charge in [-0.1, -0.05) is 30.8 Å². The van der Waals surface area contributed by atoms with E-state index in [2.05, 4.69) is 73.6 Å². The van der Waals surface area contributed by atoms with Crippen molar-refractivity contribution in [2.24, 2.45) is 0 Å². The number of rotatable bonds is 3. The molecule has 0 aliphatic carbocycles. The third-order valence-electron chi connectivity index (χ3n) is 3.79. The molecule has 0 spiro atoms. The van der Waals surface area contributed by atoms with E-state index in [1.54, 1.807) is 0 Å². The van der Waals surface area contributed by atoms with Gasteiger partial charge in [0.05, 0.1) is 11.4 Å². The van der Waals surface area contributed by atoms with Crippen LogP contribution in [-0.2, 0) is 0 Å². The fourth-order valence-corrected chi connectivity index (χ4v) is 3.54. The third kappa shape index (κ3) is 2.38. The second-order valence-corrected chi connectivity index (χ2v) is 6.35. The van der Waals surface area contributed by atoms with Crippen molar-refractivity contribution in [1.82, 2.24) is 0 Å². The molecule has 0 amide bonds. The Morgan fingerprint density at radius 1 is 1.10 bits per heavy atom. The minimum absolute atomic E-state index is 0.502. The van der Waals surface area contributed by atoms with Gasteiger partial charge in [-0.3, -0.25) is 0 Å². The average Bonchev–Trinajstić information content (AvgIpc) is 2.48. The van der Waals surface area contributed by atoms with Crippen molar-refractivity contribution in [2.45, 2.75) is 36.1 Å². The molecule has 1 heterocycles. The SMILES string of the molecule is CCC(C)Nc1ccc2c(c1)N(C)c1ccccc1S2. The highest BCUT2D eigenvalue weighted by molar-refractivity contribution is 7.99. The van der Waals surface area contributed by atoms with Crippen molar-refractivity contribution in [2.75, 3.05) is 17.3 Å². The van der Waals surface area contributed by atoms with Crippen LogP contribution in [0.2, 0.25) is 0 Å². The van der Waals surface area contributed by atoms with Gasteiger partial charge >= 0.3 is 0 Å². The maximum Gasteiger partial charge on any atom is 0.0570 e. The van der Waals surface area contributed by atoms with Gasteiger partial charge < -0.3 is 10.2 Å². The van der Waals surface area contributed by atoms with Crippen LogP contribution in [0.4, 0.5) is 17.1 Å². The molecule has 2 aromatic rings. The van der Waals surface area contributed by atoms with Gasteiger partial charge in [0.15, 0.2) is 0 Å². The Labute approximate surface area is 125 Å². The molecule has 1 unspecified atom stereocenters. The third-order valence-corrected chi connectivity index (χ3v) is 4.92. The van der Waals surface area contributed by atoms with Crippen molar-refractivity contribution in [3.05, 3.63) is 42.5 Å². The number of benzene rings is 2. The van der Waals surface area contributed by atoms with Crippen molar-refractivity contribution >= 4 is 28.8 Å². The zero-order valence-corrected chi connectivity index (χ0v) is 13.0. The minimum atomic E-state index is 0.502. The fourth-order valence-electron chi connectivity index (χ4n) is 2.41. The summed E-state index contributed by atoms with van der Waals surface area (Å²) in [6.07, 6.45) is 1.13. The van der Waals surface area contributed by atoms with Crippen LogP contribution in [0.15, 0.2) is 52.3 Å². The number of para-hydroxylation sites is 1. The molecule has 0 fully saturated rings. The van der Waals surface area contributed by atoms with Crippen LogP contribution in [0, 0.1) is 0 Å². The molecule has 1 atom stereocenters. The van der Waals surface area contributed by atoms with Crippen molar-refractivity contribution in [1.29, 1.82) is 0 Å². The summed E-state index contributed by atoms with van der Waals surface area (Å²) in [4.78, 5) is 4.93.